The van der Waals surface area contributed by atoms with Gasteiger partial charge in [-0.25, -0.2) is 4.52 Å². The van der Waals surface area contributed by atoms with Gasteiger partial charge < -0.3 is 10.1 Å². The summed E-state index contributed by atoms with van der Waals surface area (Å²) in [5.41, 5.74) is 5.80. The van der Waals surface area contributed by atoms with Crippen molar-refractivity contribution in [3.05, 3.63) is 59.0 Å². The molecular formula is C21H22ClN7O. The van der Waals surface area contributed by atoms with Gasteiger partial charge >= 0.3 is 0 Å². The zero-order valence-corrected chi connectivity index (χ0v) is 17.6. The Balaban J connectivity index is 1.60. The van der Waals surface area contributed by atoms with E-state index in [1.807, 2.05) is 19.2 Å². The summed E-state index contributed by atoms with van der Waals surface area (Å²) in [6.07, 6.45) is 9.24. The van der Waals surface area contributed by atoms with Crippen LogP contribution >= 0.6 is 11.6 Å². The maximum Gasteiger partial charge on any atom is 0.148 e. The molecule has 0 radical (unpaired) electrons. The van der Waals surface area contributed by atoms with Crippen LogP contribution in [0.1, 0.15) is 30.0 Å². The molecule has 0 fully saturated rings. The molecule has 1 aliphatic heterocycles. The Bertz CT molecular complexity index is 1200. The Kier molecular flexibility index (Phi) is 4.88. The highest BCUT2D eigenvalue weighted by molar-refractivity contribution is 6.34. The first-order chi connectivity index (χ1) is 14.6. The summed E-state index contributed by atoms with van der Waals surface area (Å²) in [5.74, 6) is 0.636. The maximum absolute atomic E-state index is 6.42. The molecule has 0 spiro atoms. The molecule has 0 bridgehead atoms. The zero-order chi connectivity index (χ0) is 20.7. The molecule has 1 unspecified atom stereocenters. The number of pyridine rings is 1. The Labute approximate surface area is 178 Å². The van der Waals surface area contributed by atoms with Crippen molar-refractivity contribution in [2.45, 2.75) is 32.9 Å². The summed E-state index contributed by atoms with van der Waals surface area (Å²) >= 11 is 6.42. The van der Waals surface area contributed by atoms with Crippen LogP contribution in [0.3, 0.4) is 0 Å². The number of aromatic nitrogens is 6. The molecule has 0 saturated heterocycles. The van der Waals surface area contributed by atoms with Crippen molar-refractivity contribution < 1.29 is 4.74 Å². The Morgan fingerprint density at radius 2 is 2.13 bits per heavy atom. The predicted molar refractivity (Wildman–Crippen MR) is 114 cm³/mol. The Hall–Kier alpha value is -2.97. The molecule has 0 amide bonds. The van der Waals surface area contributed by atoms with Gasteiger partial charge in [0, 0.05) is 49.4 Å². The number of fused-ring (bicyclic) bond motifs is 2. The zero-order valence-electron chi connectivity index (χ0n) is 16.8. The number of halogens is 1. The largest absolute Gasteiger partial charge is 0.482 e. The average molecular weight is 424 g/mol. The van der Waals surface area contributed by atoms with Crippen molar-refractivity contribution in [3.63, 3.8) is 0 Å². The summed E-state index contributed by atoms with van der Waals surface area (Å²) in [6.45, 7) is 6.81. The maximum atomic E-state index is 6.42. The van der Waals surface area contributed by atoms with Gasteiger partial charge in [-0.05, 0) is 25.5 Å². The number of hydrogen-bond donors (Lipinski definition) is 1. The fourth-order valence-corrected chi connectivity index (χ4v) is 4.14. The second-order valence-corrected chi connectivity index (χ2v) is 7.82. The first-order valence-electron chi connectivity index (χ1n) is 9.98. The van der Waals surface area contributed by atoms with Crippen LogP contribution in [0.5, 0.6) is 5.75 Å². The minimum Gasteiger partial charge on any atom is -0.482 e. The van der Waals surface area contributed by atoms with E-state index in [2.05, 4.69) is 32.0 Å². The van der Waals surface area contributed by atoms with Gasteiger partial charge in [0.05, 0.1) is 35.3 Å². The van der Waals surface area contributed by atoms with E-state index in [9.17, 15) is 0 Å². The number of nitrogens with one attached hydrogen (secondary N) is 1. The Morgan fingerprint density at radius 3 is 2.97 bits per heavy atom. The Morgan fingerprint density at radius 1 is 1.23 bits per heavy atom. The molecule has 4 aromatic heterocycles. The molecule has 5 rings (SSSR count). The average Bonchev–Trinajstić information content (AvgIpc) is 3.18. The van der Waals surface area contributed by atoms with E-state index >= 15 is 0 Å². The van der Waals surface area contributed by atoms with Crippen molar-refractivity contribution in [1.29, 1.82) is 0 Å². The lowest BCUT2D eigenvalue weighted by Gasteiger charge is -2.16. The van der Waals surface area contributed by atoms with Crippen LogP contribution < -0.4 is 10.1 Å². The van der Waals surface area contributed by atoms with E-state index in [1.165, 1.54) is 11.3 Å². The number of hydrogen-bond acceptors (Lipinski definition) is 6. The van der Waals surface area contributed by atoms with Crippen LogP contribution in [0.15, 0.2) is 37.1 Å². The van der Waals surface area contributed by atoms with E-state index in [0.29, 0.717) is 10.8 Å². The lowest BCUT2D eigenvalue weighted by Crippen LogP contribution is -2.17. The molecule has 0 aliphatic carbocycles. The lowest BCUT2D eigenvalue weighted by atomic mass is 10.1. The number of nitrogens with zero attached hydrogens (tertiary/aromatic N) is 6. The van der Waals surface area contributed by atoms with Crippen LogP contribution in [-0.4, -0.2) is 42.5 Å². The van der Waals surface area contributed by atoms with Gasteiger partial charge in [-0.2, -0.15) is 10.2 Å². The predicted octanol–water partition coefficient (Wildman–Crippen LogP) is 3.24. The lowest BCUT2D eigenvalue weighted by molar-refractivity contribution is 0.223. The van der Waals surface area contributed by atoms with E-state index in [1.54, 1.807) is 29.3 Å². The molecule has 0 aromatic carbocycles. The molecule has 1 aliphatic rings. The van der Waals surface area contributed by atoms with Gasteiger partial charge in [0.1, 0.15) is 17.4 Å². The third kappa shape index (κ3) is 3.32. The fraction of sp³-hybridized carbons (Fsp3) is 0.333. The van der Waals surface area contributed by atoms with Crippen LogP contribution in [0, 0.1) is 6.92 Å². The van der Waals surface area contributed by atoms with Gasteiger partial charge in [0.2, 0.25) is 0 Å². The van der Waals surface area contributed by atoms with Crippen LogP contribution in [0.4, 0.5) is 0 Å². The normalized spacial score (nSPS) is 15.0. The second-order valence-electron chi connectivity index (χ2n) is 7.41. The third-order valence-corrected chi connectivity index (χ3v) is 5.74. The molecule has 8 nitrogen and oxygen atoms in total. The minimum absolute atomic E-state index is 0.297. The van der Waals surface area contributed by atoms with E-state index in [4.69, 9.17) is 21.4 Å². The second kappa shape index (κ2) is 7.70. The van der Waals surface area contributed by atoms with E-state index < -0.39 is 0 Å². The monoisotopic (exact) mass is 423 g/mol. The summed E-state index contributed by atoms with van der Waals surface area (Å²) in [5, 5.41) is 13.3. The molecule has 1 atom stereocenters. The molecule has 154 valence electrons. The summed E-state index contributed by atoms with van der Waals surface area (Å²) in [6, 6.07) is 1.99. The highest BCUT2D eigenvalue weighted by Gasteiger charge is 2.21. The highest BCUT2D eigenvalue weighted by Crippen LogP contribution is 2.35. The molecule has 4 aromatic rings. The molecule has 30 heavy (non-hydrogen) atoms. The van der Waals surface area contributed by atoms with Crippen molar-refractivity contribution >= 4 is 17.1 Å². The van der Waals surface area contributed by atoms with Gasteiger partial charge in [0.25, 0.3) is 0 Å². The van der Waals surface area contributed by atoms with Crippen molar-refractivity contribution in [2.24, 2.45) is 0 Å². The first-order valence-corrected chi connectivity index (χ1v) is 10.4. The SMILES string of the molecule is Cc1c(-c2cc(OC(C)c3cnccn3)c3c(Cl)cnn3c2)nn2c1CCNCC2. The van der Waals surface area contributed by atoms with Crippen LogP contribution in [0.25, 0.3) is 16.8 Å². The molecule has 1 N–H and O–H groups in total. The highest BCUT2D eigenvalue weighted by atomic mass is 35.5. The van der Waals surface area contributed by atoms with Crippen LogP contribution in [-0.2, 0) is 13.0 Å². The molecular weight excluding hydrogens is 402 g/mol. The summed E-state index contributed by atoms with van der Waals surface area (Å²) in [4.78, 5) is 8.48. The summed E-state index contributed by atoms with van der Waals surface area (Å²) < 4.78 is 10.1. The quantitative estimate of drug-likeness (QED) is 0.542. The van der Waals surface area contributed by atoms with Crippen molar-refractivity contribution in [1.82, 2.24) is 34.7 Å². The molecule has 9 heteroatoms. The van der Waals surface area contributed by atoms with Crippen molar-refractivity contribution in [3.8, 4) is 17.0 Å². The standard InChI is InChI=1S/C21H22ClN7O/c1-13-18-3-4-23-7-8-28(18)27-20(13)15-9-19(21-16(22)10-26-29(21)12-15)30-14(2)17-11-24-5-6-25-17/h5-6,9-12,14,23H,3-4,7-8H2,1-2H3. The summed E-state index contributed by atoms with van der Waals surface area (Å²) in [7, 11) is 0. The van der Waals surface area contributed by atoms with Crippen molar-refractivity contribution in [2.75, 3.05) is 13.1 Å². The van der Waals surface area contributed by atoms with Gasteiger partial charge in [0.15, 0.2) is 0 Å². The number of ether oxygens (including phenoxy) is 1. The fourth-order valence-electron chi connectivity index (χ4n) is 3.92. The van der Waals surface area contributed by atoms with Gasteiger partial charge in [-0.1, -0.05) is 11.6 Å². The van der Waals surface area contributed by atoms with Crippen LogP contribution in [0.2, 0.25) is 5.02 Å². The number of rotatable bonds is 4. The smallest absolute Gasteiger partial charge is 0.148 e. The van der Waals surface area contributed by atoms with Gasteiger partial charge in [-0.3, -0.25) is 14.6 Å². The molecule has 5 heterocycles. The van der Waals surface area contributed by atoms with E-state index in [0.717, 1.165) is 48.5 Å². The third-order valence-electron chi connectivity index (χ3n) is 5.47. The first kappa shape index (κ1) is 19.0. The van der Waals surface area contributed by atoms with Gasteiger partial charge in [-0.15, -0.1) is 0 Å². The molecule has 0 saturated carbocycles. The minimum atomic E-state index is -0.297. The topological polar surface area (TPSA) is 82.2 Å². The van der Waals surface area contributed by atoms with E-state index in [-0.39, 0.29) is 6.10 Å².